The largest absolute Gasteiger partial charge is 0.326 e. The van der Waals surface area contributed by atoms with Crippen LogP contribution in [-0.4, -0.2) is 14.5 Å². The minimum Gasteiger partial charge on any atom is -0.326 e. The van der Waals surface area contributed by atoms with E-state index in [0.29, 0.717) is 16.7 Å². The van der Waals surface area contributed by atoms with Crippen molar-refractivity contribution in [3.63, 3.8) is 0 Å². The van der Waals surface area contributed by atoms with Crippen molar-refractivity contribution >= 4 is 21.4 Å². The Kier molecular flexibility index (Phi) is 5.23. The standard InChI is InChI=1S/C14H24N2O2S2/c1-3-11-5-4-6-12(8-11)16-20(17,18)14-7-10(2)13(9-15)19-14/h7,11-12,16H,3-6,8-9,15H2,1-2H3. The minimum absolute atomic E-state index is 0.0856. The number of hydrogen-bond donors (Lipinski definition) is 2. The Balaban J connectivity index is 2.10. The highest BCUT2D eigenvalue weighted by Crippen LogP contribution is 2.29. The van der Waals surface area contributed by atoms with Crippen LogP contribution in [0.2, 0.25) is 0 Å². The van der Waals surface area contributed by atoms with Crippen molar-refractivity contribution in [3.05, 3.63) is 16.5 Å². The monoisotopic (exact) mass is 316 g/mol. The fourth-order valence-electron chi connectivity index (χ4n) is 2.87. The van der Waals surface area contributed by atoms with Gasteiger partial charge in [0.2, 0.25) is 10.0 Å². The van der Waals surface area contributed by atoms with Crippen LogP contribution >= 0.6 is 11.3 Å². The van der Waals surface area contributed by atoms with Crippen LogP contribution in [0.3, 0.4) is 0 Å². The molecular weight excluding hydrogens is 292 g/mol. The van der Waals surface area contributed by atoms with E-state index in [-0.39, 0.29) is 6.04 Å². The first kappa shape index (κ1) is 15.9. The lowest BCUT2D eigenvalue weighted by Crippen LogP contribution is -2.38. The van der Waals surface area contributed by atoms with E-state index in [2.05, 4.69) is 11.6 Å². The number of sulfonamides is 1. The van der Waals surface area contributed by atoms with Crippen molar-refractivity contribution in [1.29, 1.82) is 0 Å². The molecule has 6 heteroatoms. The van der Waals surface area contributed by atoms with Gasteiger partial charge in [-0.2, -0.15) is 0 Å². The van der Waals surface area contributed by atoms with E-state index in [1.54, 1.807) is 6.07 Å². The Morgan fingerprint density at radius 3 is 2.80 bits per heavy atom. The van der Waals surface area contributed by atoms with Crippen LogP contribution in [0.25, 0.3) is 0 Å². The number of rotatable bonds is 5. The maximum atomic E-state index is 12.4. The molecule has 0 bridgehead atoms. The Bertz CT molecular complexity index is 552. The molecule has 0 aliphatic heterocycles. The number of hydrogen-bond acceptors (Lipinski definition) is 4. The lowest BCUT2D eigenvalue weighted by atomic mass is 9.85. The summed E-state index contributed by atoms with van der Waals surface area (Å²) in [4.78, 5) is 0.945. The molecule has 2 unspecified atom stereocenters. The predicted molar refractivity (Wildman–Crippen MR) is 83.3 cm³/mol. The second-order valence-corrected chi connectivity index (χ2v) is 8.71. The molecule has 0 aromatic carbocycles. The third kappa shape index (κ3) is 3.61. The molecule has 0 saturated heterocycles. The van der Waals surface area contributed by atoms with Crippen LogP contribution < -0.4 is 10.5 Å². The van der Waals surface area contributed by atoms with Gasteiger partial charge in [-0.3, -0.25) is 0 Å². The van der Waals surface area contributed by atoms with E-state index in [4.69, 9.17) is 5.73 Å². The van der Waals surface area contributed by atoms with Crippen molar-refractivity contribution in [2.45, 2.75) is 62.7 Å². The first-order valence-electron chi connectivity index (χ1n) is 7.28. The SMILES string of the molecule is CCC1CCCC(NS(=O)(=O)c2cc(C)c(CN)s2)C1. The summed E-state index contributed by atoms with van der Waals surface area (Å²) in [5.74, 6) is 0.654. The van der Waals surface area contributed by atoms with Crippen LogP contribution in [0.15, 0.2) is 10.3 Å². The van der Waals surface area contributed by atoms with E-state index in [1.807, 2.05) is 6.92 Å². The van der Waals surface area contributed by atoms with Gasteiger partial charge in [0.05, 0.1) is 0 Å². The summed E-state index contributed by atoms with van der Waals surface area (Å²) in [6.07, 6.45) is 5.38. The van der Waals surface area contributed by atoms with Crippen molar-refractivity contribution in [1.82, 2.24) is 4.72 Å². The summed E-state index contributed by atoms with van der Waals surface area (Å²) in [5.41, 5.74) is 6.59. The third-order valence-corrected chi connectivity index (χ3v) is 7.38. The fourth-order valence-corrected chi connectivity index (χ4v) is 5.64. The quantitative estimate of drug-likeness (QED) is 0.877. The molecule has 4 nitrogen and oxygen atoms in total. The minimum atomic E-state index is -3.39. The molecule has 2 rings (SSSR count). The van der Waals surface area contributed by atoms with Gasteiger partial charge in [0.15, 0.2) is 0 Å². The third-order valence-electron chi connectivity index (χ3n) is 4.13. The zero-order chi connectivity index (χ0) is 14.8. The Morgan fingerprint density at radius 1 is 1.45 bits per heavy atom. The van der Waals surface area contributed by atoms with Crippen LogP contribution in [0.5, 0.6) is 0 Å². The summed E-state index contributed by atoms with van der Waals surface area (Å²) in [6.45, 7) is 4.48. The van der Waals surface area contributed by atoms with Crippen molar-refractivity contribution < 1.29 is 8.42 Å². The zero-order valence-corrected chi connectivity index (χ0v) is 13.8. The van der Waals surface area contributed by atoms with Gasteiger partial charge in [0, 0.05) is 17.5 Å². The summed E-state index contributed by atoms with van der Waals surface area (Å²) in [5, 5.41) is 0. The van der Waals surface area contributed by atoms with Gasteiger partial charge in [-0.15, -0.1) is 11.3 Å². The van der Waals surface area contributed by atoms with Gasteiger partial charge in [-0.25, -0.2) is 13.1 Å². The molecule has 1 saturated carbocycles. The molecule has 0 amide bonds. The molecule has 1 heterocycles. The van der Waals surface area contributed by atoms with E-state index in [0.717, 1.165) is 36.1 Å². The second-order valence-electron chi connectivity index (χ2n) is 5.63. The van der Waals surface area contributed by atoms with E-state index >= 15 is 0 Å². The van der Waals surface area contributed by atoms with E-state index in [9.17, 15) is 8.42 Å². The Labute approximate surface area is 125 Å². The van der Waals surface area contributed by atoms with Crippen LogP contribution in [0.4, 0.5) is 0 Å². The highest BCUT2D eigenvalue weighted by molar-refractivity contribution is 7.91. The normalized spacial score (nSPS) is 23.9. The van der Waals surface area contributed by atoms with Gasteiger partial charge in [0.25, 0.3) is 0 Å². The molecular formula is C14H24N2O2S2. The topological polar surface area (TPSA) is 72.2 Å². The zero-order valence-electron chi connectivity index (χ0n) is 12.2. The van der Waals surface area contributed by atoms with Crippen LogP contribution in [0.1, 0.15) is 49.5 Å². The maximum absolute atomic E-state index is 12.4. The fraction of sp³-hybridized carbons (Fsp3) is 0.714. The molecule has 0 radical (unpaired) electrons. The van der Waals surface area contributed by atoms with Gasteiger partial charge in [-0.05, 0) is 37.3 Å². The van der Waals surface area contributed by atoms with Crippen molar-refractivity contribution in [2.75, 3.05) is 0 Å². The Morgan fingerprint density at radius 2 is 2.20 bits per heavy atom. The molecule has 20 heavy (non-hydrogen) atoms. The Hall–Kier alpha value is -0.430. The van der Waals surface area contributed by atoms with Gasteiger partial charge >= 0.3 is 0 Å². The van der Waals surface area contributed by atoms with Crippen molar-refractivity contribution in [2.24, 2.45) is 11.7 Å². The summed E-state index contributed by atoms with van der Waals surface area (Å²) in [7, 11) is -3.39. The molecule has 1 aliphatic rings. The summed E-state index contributed by atoms with van der Waals surface area (Å²) < 4.78 is 28.2. The average molecular weight is 316 g/mol. The van der Waals surface area contributed by atoms with Crippen LogP contribution in [0, 0.1) is 12.8 Å². The highest BCUT2D eigenvalue weighted by Gasteiger charge is 2.27. The molecule has 1 aliphatic carbocycles. The van der Waals surface area contributed by atoms with Gasteiger partial charge < -0.3 is 5.73 Å². The molecule has 1 aromatic rings. The number of nitrogens with one attached hydrogen (secondary N) is 1. The summed E-state index contributed by atoms with van der Waals surface area (Å²) in [6, 6.07) is 1.82. The molecule has 2 atom stereocenters. The van der Waals surface area contributed by atoms with Crippen LogP contribution in [-0.2, 0) is 16.6 Å². The maximum Gasteiger partial charge on any atom is 0.250 e. The first-order chi connectivity index (χ1) is 9.46. The van der Waals surface area contributed by atoms with E-state index < -0.39 is 10.0 Å². The van der Waals surface area contributed by atoms with Crippen molar-refractivity contribution in [3.8, 4) is 0 Å². The second kappa shape index (κ2) is 6.56. The van der Waals surface area contributed by atoms with E-state index in [1.165, 1.54) is 17.8 Å². The lowest BCUT2D eigenvalue weighted by molar-refractivity contribution is 0.301. The molecule has 114 valence electrons. The molecule has 1 aromatic heterocycles. The van der Waals surface area contributed by atoms with Gasteiger partial charge in [-0.1, -0.05) is 26.2 Å². The lowest BCUT2D eigenvalue weighted by Gasteiger charge is -2.28. The van der Waals surface area contributed by atoms with Gasteiger partial charge in [0.1, 0.15) is 4.21 Å². The number of thiophene rings is 1. The number of aryl methyl sites for hydroxylation is 1. The molecule has 0 spiro atoms. The number of nitrogens with two attached hydrogens (primary N) is 1. The average Bonchev–Trinajstić information content (AvgIpc) is 2.80. The predicted octanol–water partition coefficient (Wildman–Crippen LogP) is 2.76. The molecule has 1 fully saturated rings. The first-order valence-corrected chi connectivity index (χ1v) is 9.58. The smallest absolute Gasteiger partial charge is 0.250 e. The summed E-state index contributed by atoms with van der Waals surface area (Å²) >= 11 is 1.29. The highest BCUT2D eigenvalue weighted by atomic mass is 32.2. The molecule has 3 N–H and O–H groups in total.